The van der Waals surface area contributed by atoms with E-state index in [0.717, 1.165) is 39.3 Å². The number of imidazole rings is 1. The molecule has 4 rings (SSSR count). The lowest BCUT2D eigenvalue weighted by atomic mass is 10.3. The van der Waals surface area contributed by atoms with E-state index in [9.17, 15) is 0 Å². The summed E-state index contributed by atoms with van der Waals surface area (Å²) >= 11 is 7.15. The number of thiazole rings is 1. The fraction of sp³-hybridized carbons (Fsp3) is 0.214. The zero-order valence-corrected chi connectivity index (χ0v) is 13.3. The van der Waals surface area contributed by atoms with Crippen molar-refractivity contribution in [3.05, 3.63) is 34.2 Å². The largest absolute Gasteiger partial charge is 0.327 e. The topological polar surface area (TPSA) is 51.4 Å². The number of nitrogens with zero attached hydrogens (tertiary/aromatic N) is 4. The third kappa shape index (κ3) is 1.77. The summed E-state index contributed by atoms with van der Waals surface area (Å²) in [7, 11) is 0. The van der Waals surface area contributed by atoms with E-state index in [2.05, 4.69) is 28.1 Å². The highest BCUT2D eigenvalue weighted by atomic mass is 32.1. The lowest BCUT2D eigenvalue weighted by Gasteiger charge is -2.06. The van der Waals surface area contributed by atoms with Crippen LogP contribution in [0.25, 0.3) is 27.1 Å². The van der Waals surface area contributed by atoms with E-state index in [4.69, 9.17) is 12.2 Å². The van der Waals surface area contributed by atoms with Crippen LogP contribution in [0.3, 0.4) is 0 Å². The van der Waals surface area contributed by atoms with Gasteiger partial charge >= 0.3 is 0 Å². The fourth-order valence-electron chi connectivity index (χ4n) is 2.64. The minimum absolute atomic E-state index is 0.691. The van der Waals surface area contributed by atoms with Crippen LogP contribution >= 0.6 is 23.6 Å². The molecule has 0 unspecified atom stereocenters. The zero-order valence-electron chi connectivity index (χ0n) is 11.6. The predicted octanol–water partition coefficient (Wildman–Crippen LogP) is 3.82. The molecular weight excluding hydrogens is 302 g/mol. The van der Waals surface area contributed by atoms with Crippen LogP contribution in [-0.2, 0) is 6.54 Å². The monoisotopic (exact) mass is 315 g/mol. The molecule has 0 saturated carbocycles. The normalized spacial score (nSPS) is 11.7. The lowest BCUT2D eigenvalue weighted by Crippen LogP contribution is -2.03. The molecule has 0 fully saturated rings. The molecule has 7 heteroatoms. The van der Waals surface area contributed by atoms with Gasteiger partial charge < -0.3 is 4.98 Å². The molecule has 4 aromatic rings. The SMILES string of the molecule is CCn1nc(C)c2[nH]c(=S)n(-c3ccc4ncsc4c3)c21. The number of hydrogen-bond acceptors (Lipinski definition) is 4. The summed E-state index contributed by atoms with van der Waals surface area (Å²) in [5, 5.41) is 4.56. The number of benzene rings is 1. The quantitative estimate of drug-likeness (QED) is 0.572. The molecule has 0 atom stereocenters. The highest BCUT2D eigenvalue weighted by Crippen LogP contribution is 2.26. The number of rotatable bonds is 2. The second-order valence-electron chi connectivity index (χ2n) is 4.87. The van der Waals surface area contributed by atoms with E-state index in [1.54, 1.807) is 11.3 Å². The summed E-state index contributed by atoms with van der Waals surface area (Å²) in [5.41, 5.74) is 6.91. The number of aromatic amines is 1. The number of nitrogens with one attached hydrogen (secondary N) is 1. The first kappa shape index (κ1) is 12.7. The van der Waals surface area contributed by atoms with Gasteiger partial charge in [0.1, 0.15) is 5.52 Å². The third-order valence-corrected chi connectivity index (χ3v) is 4.70. The van der Waals surface area contributed by atoms with Gasteiger partial charge in [-0.2, -0.15) is 5.10 Å². The average molecular weight is 315 g/mol. The Bertz CT molecular complexity index is 1020. The average Bonchev–Trinajstić information content (AvgIpc) is 3.14. The van der Waals surface area contributed by atoms with Crippen LogP contribution in [-0.4, -0.2) is 24.3 Å². The Morgan fingerprint density at radius 3 is 3.05 bits per heavy atom. The number of aryl methyl sites for hydroxylation is 2. The van der Waals surface area contributed by atoms with Gasteiger partial charge in [-0.1, -0.05) is 0 Å². The van der Waals surface area contributed by atoms with E-state index in [1.807, 2.05) is 33.8 Å². The highest BCUT2D eigenvalue weighted by Gasteiger charge is 2.15. The Morgan fingerprint density at radius 2 is 2.24 bits per heavy atom. The molecule has 5 nitrogen and oxygen atoms in total. The third-order valence-electron chi connectivity index (χ3n) is 3.62. The molecule has 0 aliphatic rings. The molecule has 21 heavy (non-hydrogen) atoms. The molecule has 0 bridgehead atoms. The Kier molecular flexibility index (Phi) is 2.73. The van der Waals surface area contributed by atoms with E-state index in [1.165, 1.54) is 0 Å². The van der Waals surface area contributed by atoms with Crippen molar-refractivity contribution in [1.29, 1.82) is 0 Å². The minimum atomic E-state index is 0.691. The molecule has 1 N–H and O–H groups in total. The molecule has 0 aliphatic heterocycles. The van der Waals surface area contributed by atoms with Crippen molar-refractivity contribution in [2.45, 2.75) is 20.4 Å². The minimum Gasteiger partial charge on any atom is -0.327 e. The first-order chi connectivity index (χ1) is 10.2. The second-order valence-corrected chi connectivity index (χ2v) is 6.14. The summed E-state index contributed by atoms with van der Waals surface area (Å²) < 4.78 is 5.88. The molecular formula is C14H13N5S2. The van der Waals surface area contributed by atoms with E-state index in [-0.39, 0.29) is 0 Å². The maximum Gasteiger partial charge on any atom is 0.184 e. The van der Waals surface area contributed by atoms with E-state index >= 15 is 0 Å². The summed E-state index contributed by atoms with van der Waals surface area (Å²) in [6, 6.07) is 6.20. The van der Waals surface area contributed by atoms with Gasteiger partial charge in [-0.05, 0) is 44.3 Å². The van der Waals surface area contributed by atoms with Crippen molar-refractivity contribution < 1.29 is 0 Å². The molecule has 0 radical (unpaired) electrons. The standard InChI is InChI=1S/C14H13N5S2/c1-3-18-13-12(8(2)17-18)16-14(20)19(13)9-4-5-10-11(6-9)21-7-15-10/h4-7H,3H2,1-2H3,(H,16,20). The van der Waals surface area contributed by atoms with Gasteiger partial charge in [0.25, 0.3) is 0 Å². The van der Waals surface area contributed by atoms with Crippen LogP contribution < -0.4 is 0 Å². The van der Waals surface area contributed by atoms with Crippen molar-refractivity contribution >= 4 is 44.9 Å². The first-order valence-corrected chi connectivity index (χ1v) is 7.99. The summed E-state index contributed by atoms with van der Waals surface area (Å²) in [5.74, 6) is 0. The lowest BCUT2D eigenvalue weighted by molar-refractivity contribution is 0.662. The van der Waals surface area contributed by atoms with Gasteiger partial charge in [0, 0.05) is 6.54 Å². The van der Waals surface area contributed by atoms with Gasteiger partial charge in [-0.25, -0.2) is 9.67 Å². The van der Waals surface area contributed by atoms with Crippen LogP contribution in [0.5, 0.6) is 0 Å². The zero-order chi connectivity index (χ0) is 14.6. The summed E-state index contributed by atoms with van der Waals surface area (Å²) in [4.78, 5) is 7.59. The summed E-state index contributed by atoms with van der Waals surface area (Å²) in [6.45, 7) is 4.88. The van der Waals surface area contributed by atoms with Crippen LogP contribution in [0.2, 0.25) is 0 Å². The van der Waals surface area contributed by atoms with Crippen LogP contribution in [0.4, 0.5) is 0 Å². The van der Waals surface area contributed by atoms with Gasteiger partial charge in [-0.3, -0.25) is 4.57 Å². The van der Waals surface area contributed by atoms with Crippen LogP contribution in [0.1, 0.15) is 12.6 Å². The maximum atomic E-state index is 5.51. The molecule has 0 aliphatic carbocycles. The van der Waals surface area contributed by atoms with Gasteiger partial charge in [0.15, 0.2) is 10.4 Å². The van der Waals surface area contributed by atoms with Crippen LogP contribution in [0.15, 0.2) is 23.7 Å². The van der Waals surface area contributed by atoms with E-state index < -0.39 is 0 Å². The second kappa shape index (κ2) is 4.51. The maximum absolute atomic E-state index is 5.51. The highest BCUT2D eigenvalue weighted by molar-refractivity contribution is 7.71. The summed E-state index contributed by atoms with van der Waals surface area (Å²) in [6.07, 6.45) is 0. The van der Waals surface area contributed by atoms with Crippen LogP contribution in [0, 0.1) is 11.7 Å². The molecule has 106 valence electrons. The number of H-pyrrole nitrogens is 1. The Balaban J connectivity index is 2.08. The first-order valence-electron chi connectivity index (χ1n) is 6.71. The van der Waals surface area contributed by atoms with Crippen molar-refractivity contribution in [3.8, 4) is 5.69 Å². The predicted molar refractivity (Wildman–Crippen MR) is 87.8 cm³/mol. The van der Waals surface area contributed by atoms with Gasteiger partial charge in [0.2, 0.25) is 0 Å². The van der Waals surface area contributed by atoms with Crippen molar-refractivity contribution in [3.63, 3.8) is 0 Å². The Morgan fingerprint density at radius 1 is 1.38 bits per heavy atom. The molecule has 3 aromatic heterocycles. The number of hydrogen-bond donors (Lipinski definition) is 1. The Labute approximate surface area is 129 Å². The van der Waals surface area contributed by atoms with Crippen molar-refractivity contribution in [2.75, 3.05) is 0 Å². The molecule has 0 saturated heterocycles. The molecule has 1 aromatic carbocycles. The van der Waals surface area contributed by atoms with Gasteiger partial charge in [0.05, 0.1) is 27.1 Å². The van der Waals surface area contributed by atoms with Crippen molar-refractivity contribution in [1.82, 2.24) is 24.3 Å². The van der Waals surface area contributed by atoms with Crippen molar-refractivity contribution in [2.24, 2.45) is 0 Å². The van der Waals surface area contributed by atoms with E-state index in [0.29, 0.717) is 4.77 Å². The number of fused-ring (bicyclic) bond motifs is 2. The molecule has 0 amide bonds. The molecule has 0 spiro atoms. The fourth-order valence-corrected chi connectivity index (χ4v) is 3.65. The molecule has 3 heterocycles. The Hall–Kier alpha value is -1.99. The van der Waals surface area contributed by atoms with Gasteiger partial charge in [-0.15, -0.1) is 11.3 Å². The smallest absolute Gasteiger partial charge is 0.184 e. The number of aromatic nitrogens is 5.